The van der Waals surface area contributed by atoms with E-state index in [0.29, 0.717) is 0 Å². The molecule has 4 rings (SSSR count). The van der Waals surface area contributed by atoms with Gasteiger partial charge >= 0.3 is 0 Å². The van der Waals surface area contributed by atoms with E-state index in [4.69, 9.17) is 4.74 Å². The Labute approximate surface area is 157 Å². The molecule has 1 aromatic carbocycles. The van der Waals surface area contributed by atoms with Gasteiger partial charge in [0.1, 0.15) is 5.75 Å². The van der Waals surface area contributed by atoms with Crippen LogP contribution in [0.15, 0.2) is 57.8 Å². The highest BCUT2D eigenvalue weighted by molar-refractivity contribution is 7.98. The fraction of sp³-hybridized carbons (Fsp3) is 0.118. The molecule has 0 saturated heterocycles. The average Bonchev–Trinajstić information content (AvgIpc) is 3.40. The van der Waals surface area contributed by atoms with Crippen molar-refractivity contribution in [1.82, 2.24) is 19.7 Å². The van der Waals surface area contributed by atoms with Crippen LogP contribution < -0.4 is 4.74 Å². The summed E-state index contributed by atoms with van der Waals surface area (Å²) < 4.78 is 7.61. The molecule has 0 atom stereocenters. The normalized spacial score (nSPS) is 10.9. The molecule has 3 aromatic heterocycles. The summed E-state index contributed by atoms with van der Waals surface area (Å²) in [5.74, 6) is 2.36. The first-order chi connectivity index (χ1) is 12.4. The number of thioether (sulfide) groups is 1. The van der Waals surface area contributed by atoms with Gasteiger partial charge in [-0.1, -0.05) is 30.0 Å². The Bertz CT molecular complexity index is 948. The lowest BCUT2D eigenvalue weighted by Gasteiger charge is -2.13. The standard InChI is InChI=1S/C17H14N4OS3/c1-22-14-6-3-2-5-13(14)21-16(15-7-4-8-24-15)19-20-17(21)25-10-12-9-23-11-18-12/h2-9,11H,10H2,1H3. The maximum atomic E-state index is 5.55. The molecule has 4 aromatic rings. The van der Waals surface area contributed by atoms with Crippen molar-refractivity contribution in [2.24, 2.45) is 0 Å². The molecule has 0 aliphatic carbocycles. The van der Waals surface area contributed by atoms with Crippen LogP contribution in [0.1, 0.15) is 5.69 Å². The maximum absolute atomic E-state index is 5.55. The molecule has 0 saturated carbocycles. The molecule has 3 heterocycles. The van der Waals surface area contributed by atoms with Gasteiger partial charge in [-0.3, -0.25) is 4.57 Å². The molecule has 0 fully saturated rings. The number of para-hydroxylation sites is 2. The van der Waals surface area contributed by atoms with E-state index in [1.165, 1.54) is 0 Å². The number of methoxy groups -OCH3 is 1. The first-order valence-corrected chi connectivity index (χ1v) is 10.3. The largest absolute Gasteiger partial charge is 0.495 e. The number of ether oxygens (including phenoxy) is 1. The maximum Gasteiger partial charge on any atom is 0.196 e. The van der Waals surface area contributed by atoms with Crippen LogP contribution in [0.2, 0.25) is 0 Å². The molecular weight excluding hydrogens is 372 g/mol. The number of rotatable bonds is 6. The highest BCUT2D eigenvalue weighted by Crippen LogP contribution is 2.34. The summed E-state index contributed by atoms with van der Waals surface area (Å²) in [5.41, 5.74) is 3.82. The van der Waals surface area contributed by atoms with Crippen LogP contribution in [0.3, 0.4) is 0 Å². The third-order valence-electron chi connectivity index (χ3n) is 3.53. The zero-order valence-corrected chi connectivity index (χ0v) is 15.8. The molecule has 0 N–H and O–H groups in total. The van der Waals surface area contributed by atoms with Gasteiger partial charge in [-0.25, -0.2) is 4.98 Å². The van der Waals surface area contributed by atoms with Crippen molar-refractivity contribution >= 4 is 34.4 Å². The smallest absolute Gasteiger partial charge is 0.196 e. The van der Waals surface area contributed by atoms with Crippen molar-refractivity contribution in [3.8, 4) is 22.1 Å². The fourth-order valence-electron chi connectivity index (χ4n) is 2.41. The van der Waals surface area contributed by atoms with Gasteiger partial charge in [-0.2, -0.15) is 0 Å². The Morgan fingerprint density at radius 3 is 2.84 bits per heavy atom. The Morgan fingerprint density at radius 2 is 2.08 bits per heavy atom. The van der Waals surface area contributed by atoms with E-state index in [-0.39, 0.29) is 0 Å². The van der Waals surface area contributed by atoms with Crippen molar-refractivity contribution in [2.75, 3.05) is 7.11 Å². The molecule has 0 aliphatic rings. The van der Waals surface area contributed by atoms with E-state index in [1.54, 1.807) is 41.5 Å². The summed E-state index contributed by atoms with van der Waals surface area (Å²) in [6, 6.07) is 12.0. The van der Waals surface area contributed by atoms with Crippen LogP contribution in [-0.2, 0) is 5.75 Å². The summed E-state index contributed by atoms with van der Waals surface area (Å²) >= 11 is 4.86. The Balaban J connectivity index is 1.79. The van der Waals surface area contributed by atoms with Crippen LogP contribution in [0.5, 0.6) is 5.75 Å². The molecule has 0 unspecified atom stereocenters. The molecule has 0 aliphatic heterocycles. The van der Waals surface area contributed by atoms with Crippen LogP contribution in [-0.4, -0.2) is 26.9 Å². The summed E-state index contributed by atoms with van der Waals surface area (Å²) in [4.78, 5) is 5.41. The zero-order valence-electron chi connectivity index (χ0n) is 13.3. The number of hydrogen-bond acceptors (Lipinski definition) is 7. The topological polar surface area (TPSA) is 52.8 Å². The molecule has 0 spiro atoms. The van der Waals surface area contributed by atoms with E-state index < -0.39 is 0 Å². The quantitative estimate of drug-likeness (QED) is 0.448. The average molecular weight is 387 g/mol. The molecule has 5 nitrogen and oxygen atoms in total. The van der Waals surface area contributed by atoms with Crippen LogP contribution in [0, 0.1) is 0 Å². The molecule has 126 valence electrons. The SMILES string of the molecule is COc1ccccc1-n1c(SCc2cscn2)nnc1-c1cccs1. The second kappa shape index (κ2) is 7.38. The van der Waals surface area contributed by atoms with Gasteiger partial charge in [0.25, 0.3) is 0 Å². The summed E-state index contributed by atoms with van der Waals surface area (Å²) in [5, 5.41) is 13.8. The van der Waals surface area contributed by atoms with Gasteiger partial charge in [-0.05, 0) is 23.6 Å². The van der Waals surface area contributed by atoms with Gasteiger partial charge in [0.2, 0.25) is 0 Å². The second-order valence-electron chi connectivity index (χ2n) is 5.06. The lowest BCUT2D eigenvalue weighted by molar-refractivity contribution is 0.412. The predicted molar refractivity (Wildman–Crippen MR) is 103 cm³/mol. The third-order valence-corrected chi connectivity index (χ3v) is 6.00. The van der Waals surface area contributed by atoms with Crippen LogP contribution >= 0.6 is 34.4 Å². The minimum Gasteiger partial charge on any atom is -0.495 e. The Kier molecular flexibility index (Phi) is 4.82. The number of hydrogen-bond donors (Lipinski definition) is 0. The zero-order chi connectivity index (χ0) is 17.1. The molecule has 8 heteroatoms. The number of thiophene rings is 1. The van der Waals surface area contributed by atoms with E-state index in [1.807, 2.05) is 41.2 Å². The van der Waals surface area contributed by atoms with Gasteiger partial charge in [0.05, 0.1) is 28.9 Å². The highest BCUT2D eigenvalue weighted by Gasteiger charge is 2.19. The summed E-state index contributed by atoms with van der Waals surface area (Å²) in [7, 11) is 1.68. The number of aromatic nitrogens is 4. The fourth-order valence-corrected chi connectivity index (χ4v) is 4.62. The summed E-state index contributed by atoms with van der Waals surface area (Å²) in [6.45, 7) is 0. The van der Waals surface area contributed by atoms with Crippen molar-refractivity contribution < 1.29 is 4.74 Å². The lowest BCUT2D eigenvalue weighted by Crippen LogP contribution is -2.01. The van der Waals surface area contributed by atoms with Crippen molar-refractivity contribution in [2.45, 2.75) is 10.9 Å². The van der Waals surface area contributed by atoms with Crippen LogP contribution in [0.25, 0.3) is 16.4 Å². The predicted octanol–water partition coefficient (Wildman–Crippen LogP) is 4.75. The van der Waals surface area contributed by atoms with E-state index >= 15 is 0 Å². The second-order valence-corrected chi connectivity index (χ2v) is 7.67. The van der Waals surface area contributed by atoms with Crippen LogP contribution in [0.4, 0.5) is 0 Å². The van der Waals surface area contributed by atoms with E-state index in [9.17, 15) is 0 Å². The molecule has 0 amide bonds. The molecule has 25 heavy (non-hydrogen) atoms. The minimum atomic E-state index is 0.751. The van der Waals surface area contributed by atoms with Crippen molar-refractivity contribution in [1.29, 1.82) is 0 Å². The van der Waals surface area contributed by atoms with Crippen molar-refractivity contribution in [3.05, 3.63) is 58.4 Å². The molecule has 0 radical (unpaired) electrons. The first kappa shape index (κ1) is 16.3. The third kappa shape index (κ3) is 3.33. The molecular formula is C17H14N4OS3. The Morgan fingerprint density at radius 1 is 1.16 bits per heavy atom. The Hall–Kier alpha value is -2.16. The summed E-state index contributed by atoms with van der Waals surface area (Å²) in [6.07, 6.45) is 0. The van der Waals surface area contributed by atoms with Crippen molar-refractivity contribution in [3.63, 3.8) is 0 Å². The monoisotopic (exact) mass is 386 g/mol. The number of benzene rings is 1. The highest BCUT2D eigenvalue weighted by atomic mass is 32.2. The van der Waals surface area contributed by atoms with Gasteiger partial charge in [0.15, 0.2) is 11.0 Å². The first-order valence-electron chi connectivity index (χ1n) is 7.49. The number of nitrogens with zero attached hydrogens (tertiary/aromatic N) is 4. The lowest BCUT2D eigenvalue weighted by atomic mass is 10.3. The van der Waals surface area contributed by atoms with E-state index in [2.05, 4.69) is 31.2 Å². The number of thiazole rings is 1. The van der Waals surface area contributed by atoms with Gasteiger partial charge in [-0.15, -0.1) is 32.9 Å². The van der Waals surface area contributed by atoms with E-state index in [0.717, 1.165) is 38.7 Å². The molecule has 0 bridgehead atoms. The minimum absolute atomic E-state index is 0.751. The van der Waals surface area contributed by atoms with Gasteiger partial charge in [0, 0.05) is 11.1 Å². The van der Waals surface area contributed by atoms with Gasteiger partial charge < -0.3 is 4.74 Å².